The third kappa shape index (κ3) is 2.56. The van der Waals surface area contributed by atoms with Gasteiger partial charge in [-0.2, -0.15) is 0 Å². The van der Waals surface area contributed by atoms with Gasteiger partial charge in [0.05, 0.1) is 5.60 Å². The Morgan fingerprint density at radius 3 is 2.89 bits per heavy atom. The highest BCUT2D eigenvalue weighted by molar-refractivity contribution is 6.31. The normalized spacial score (nSPS) is 25.9. The molecule has 1 unspecified atom stereocenters. The van der Waals surface area contributed by atoms with Crippen LogP contribution in [0.15, 0.2) is 24.3 Å². The summed E-state index contributed by atoms with van der Waals surface area (Å²) in [6.45, 7) is 1.76. The van der Waals surface area contributed by atoms with E-state index in [4.69, 9.17) is 16.3 Å². The molecule has 0 aromatic heterocycles. The molecule has 1 N–H and O–H groups in total. The molecule has 1 aromatic rings. The van der Waals surface area contributed by atoms with Crippen molar-refractivity contribution in [3.8, 4) is 0 Å². The summed E-state index contributed by atoms with van der Waals surface area (Å²) in [5.74, 6) is 0. The van der Waals surface area contributed by atoms with Crippen LogP contribution in [0, 0.1) is 0 Å². The van der Waals surface area contributed by atoms with Crippen molar-refractivity contribution in [2.24, 2.45) is 0 Å². The molecule has 3 rings (SSSR count). The van der Waals surface area contributed by atoms with E-state index in [0.717, 1.165) is 31.0 Å². The van der Waals surface area contributed by atoms with Crippen molar-refractivity contribution in [2.75, 3.05) is 6.61 Å². The van der Waals surface area contributed by atoms with Crippen LogP contribution in [0.3, 0.4) is 0 Å². The molecule has 1 atom stereocenters. The first-order chi connectivity index (χ1) is 8.77. The van der Waals surface area contributed by atoms with E-state index in [1.165, 1.54) is 24.8 Å². The van der Waals surface area contributed by atoms with E-state index in [0.29, 0.717) is 6.04 Å². The minimum atomic E-state index is 0.219. The number of hydrogen-bond donors (Lipinski definition) is 1. The fourth-order valence-electron chi connectivity index (χ4n) is 3.02. The number of benzene rings is 1. The largest absolute Gasteiger partial charge is 0.375 e. The van der Waals surface area contributed by atoms with Gasteiger partial charge < -0.3 is 10.1 Å². The highest BCUT2D eigenvalue weighted by Crippen LogP contribution is 2.42. The maximum atomic E-state index is 6.17. The van der Waals surface area contributed by atoms with Crippen molar-refractivity contribution in [1.29, 1.82) is 0 Å². The second kappa shape index (κ2) is 5.20. The molecule has 2 fully saturated rings. The Labute approximate surface area is 114 Å². The van der Waals surface area contributed by atoms with Crippen LogP contribution >= 0.6 is 11.6 Å². The lowest BCUT2D eigenvalue weighted by Gasteiger charge is -2.47. The van der Waals surface area contributed by atoms with Crippen LogP contribution in [0.4, 0.5) is 0 Å². The third-order valence-electron chi connectivity index (χ3n) is 4.30. The zero-order valence-corrected chi connectivity index (χ0v) is 11.4. The Kier molecular flexibility index (Phi) is 3.60. The molecular weight excluding hydrogens is 246 g/mol. The summed E-state index contributed by atoms with van der Waals surface area (Å²) in [7, 11) is 0. The first kappa shape index (κ1) is 12.5. The first-order valence-electron chi connectivity index (χ1n) is 6.88. The smallest absolute Gasteiger partial charge is 0.0697 e. The molecule has 1 saturated heterocycles. The van der Waals surface area contributed by atoms with Gasteiger partial charge >= 0.3 is 0 Å². The van der Waals surface area contributed by atoms with Crippen molar-refractivity contribution >= 4 is 11.6 Å². The Hall–Kier alpha value is -0.570. The molecule has 1 aromatic carbocycles. The number of nitrogens with one attached hydrogen (secondary N) is 1. The number of ether oxygens (including phenoxy) is 1. The fraction of sp³-hybridized carbons (Fsp3) is 0.600. The van der Waals surface area contributed by atoms with Crippen LogP contribution in [0.25, 0.3) is 0 Å². The van der Waals surface area contributed by atoms with E-state index >= 15 is 0 Å². The molecule has 1 heterocycles. The zero-order valence-electron chi connectivity index (χ0n) is 10.6. The van der Waals surface area contributed by atoms with Gasteiger partial charge in [-0.3, -0.25) is 0 Å². The minimum Gasteiger partial charge on any atom is -0.375 e. The Balaban J connectivity index is 1.55. The summed E-state index contributed by atoms with van der Waals surface area (Å²) in [6.07, 6.45) is 6.11. The molecule has 18 heavy (non-hydrogen) atoms. The quantitative estimate of drug-likeness (QED) is 0.903. The lowest BCUT2D eigenvalue weighted by molar-refractivity contribution is -0.135. The predicted octanol–water partition coefficient (Wildman–Crippen LogP) is 3.53. The second-order valence-corrected chi connectivity index (χ2v) is 5.95. The average molecular weight is 266 g/mol. The van der Waals surface area contributed by atoms with Crippen LogP contribution < -0.4 is 5.32 Å². The molecule has 1 spiro atoms. The summed E-state index contributed by atoms with van der Waals surface area (Å²) in [6, 6.07) is 8.64. The monoisotopic (exact) mass is 265 g/mol. The molecule has 1 saturated carbocycles. The molecule has 1 aliphatic carbocycles. The van der Waals surface area contributed by atoms with E-state index in [2.05, 4.69) is 11.4 Å². The van der Waals surface area contributed by atoms with E-state index in [-0.39, 0.29) is 5.60 Å². The summed E-state index contributed by atoms with van der Waals surface area (Å²) in [4.78, 5) is 0. The van der Waals surface area contributed by atoms with Crippen LogP contribution in [-0.4, -0.2) is 18.2 Å². The molecule has 2 aliphatic rings. The predicted molar refractivity (Wildman–Crippen MR) is 73.8 cm³/mol. The summed E-state index contributed by atoms with van der Waals surface area (Å²) < 4.78 is 5.94. The molecule has 1 aliphatic heterocycles. The van der Waals surface area contributed by atoms with Gasteiger partial charge in [0.25, 0.3) is 0 Å². The maximum absolute atomic E-state index is 6.17. The van der Waals surface area contributed by atoms with Gasteiger partial charge in [0, 0.05) is 24.2 Å². The van der Waals surface area contributed by atoms with Crippen LogP contribution in [0.1, 0.15) is 37.7 Å². The average Bonchev–Trinajstić information content (AvgIpc) is 2.36. The summed E-state index contributed by atoms with van der Waals surface area (Å²) in [5, 5.41) is 4.49. The molecule has 98 valence electrons. The maximum Gasteiger partial charge on any atom is 0.0697 e. The second-order valence-electron chi connectivity index (χ2n) is 5.55. The van der Waals surface area contributed by atoms with Crippen molar-refractivity contribution < 1.29 is 4.74 Å². The fourth-order valence-corrected chi connectivity index (χ4v) is 3.22. The molecule has 0 radical (unpaired) electrons. The van der Waals surface area contributed by atoms with Gasteiger partial charge in [-0.05, 0) is 43.7 Å². The molecule has 3 heteroatoms. The van der Waals surface area contributed by atoms with Crippen LogP contribution in [-0.2, 0) is 11.3 Å². The van der Waals surface area contributed by atoms with Crippen molar-refractivity contribution in [3.05, 3.63) is 34.9 Å². The molecule has 0 bridgehead atoms. The van der Waals surface area contributed by atoms with Gasteiger partial charge in [-0.25, -0.2) is 0 Å². The summed E-state index contributed by atoms with van der Waals surface area (Å²) in [5.41, 5.74) is 1.41. The lowest BCUT2D eigenvalue weighted by Crippen LogP contribution is -2.50. The molecular formula is C15H20ClNO. The molecule has 0 amide bonds. The molecule has 2 nitrogen and oxygen atoms in total. The minimum absolute atomic E-state index is 0.219. The summed E-state index contributed by atoms with van der Waals surface area (Å²) >= 11 is 6.17. The highest BCUT2D eigenvalue weighted by atomic mass is 35.5. The Morgan fingerprint density at radius 2 is 2.17 bits per heavy atom. The Bertz CT molecular complexity index is 417. The van der Waals surface area contributed by atoms with Gasteiger partial charge in [0.15, 0.2) is 0 Å². The van der Waals surface area contributed by atoms with Crippen molar-refractivity contribution in [3.63, 3.8) is 0 Å². The third-order valence-corrected chi connectivity index (χ3v) is 4.67. The first-order valence-corrected chi connectivity index (χ1v) is 7.26. The van der Waals surface area contributed by atoms with E-state index in [9.17, 15) is 0 Å². The van der Waals surface area contributed by atoms with E-state index in [1.54, 1.807) is 0 Å². The lowest BCUT2D eigenvalue weighted by atomic mass is 9.74. The number of rotatable bonds is 3. The SMILES string of the molecule is Clc1ccccc1CNC1CCOC2(CCC2)C1. The highest BCUT2D eigenvalue weighted by Gasteiger charge is 2.42. The van der Waals surface area contributed by atoms with Crippen LogP contribution in [0.5, 0.6) is 0 Å². The zero-order chi connectivity index (χ0) is 12.4. The number of hydrogen-bond acceptors (Lipinski definition) is 2. The van der Waals surface area contributed by atoms with Gasteiger partial charge in [0.1, 0.15) is 0 Å². The van der Waals surface area contributed by atoms with Gasteiger partial charge in [-0.15, -0.1) is 0 Å². The van der Waals surface area contributed by atoms with Crippen molar-refractivity contribution in [1.82, 2.24) is 5.32 Å². The topological polar surface area (TPSA) is 21.3 Å². The van der Waals surface area contributed by atoms with E-state index < -0.39 is 0 Å². The van der Waals surface area contributed by atoms with Gasteiger partial charge in [0.2, 0.25) is 0 Å². The van der Waals surface area contributed by atoms with Crippen LogP contribution in [0.2, 0.25) is 5.02 Å². The number of halogens is 1. The Morgan fingerprint density at radius 1 is 1.33 bits per heavy atom. The van der Waals surface area contributed by atoms with Gasteiger partial charge in [-0.1, -0.05) is 29.8 Å². The van der Waals surface area contributed by atoms with E-state index in [1.807, 2.05) is 18.2 Å². The standard InChI is InChI=1S/C15H20ClNO/c16-14-5-2-1-4-12(14)11-17-13-6-9-18-15(10-13)7-3-8-15/h1-2,4-5,13,17H,3,6-11H2. The van der Waals surface area contributed by atoms with Crippen molar-refractivity contribution in [2.45, 2.75) is 50.3 Å².